The summed E-state index contributed by atoms with van der Waals surface area (Å²) in [4.78, 5) is 30.9. The lowest BCUT2D eigenvalue weighted by atomic mass is 9.96. The Kier molecular flexibility index (Phi) is 6.74. The summed E-state index contributed by atoms with van der Waals surface area (Å²) in [5.74, 6) is 0.852. The Morgan fingerprint density at radius 3 is 2.44 bits per heavy atom. The number of anilines is 1. The van der Waals surface area contributed by atoms with Gasteiger partial charge in [0.05, 0.1) is 12.2 Å². The number of amides is 1. The summed E-state index contributed by atoms with van der Waals surface area (Å²) >= 11 is 0. The second-order valence-corrected chi connectivity index (χ2v) is 8.43. The fourth-order valence-corrected chi connectivity index (χ4v) is 4.12. The van der Waals surface area contributed by atoms with Gasteiger partial charge >= 0.3 is 0 Å². The van der Waals surface area contributed by atoms with Gasteiger partial charge in [0.2, 0.25) is 5.91 Å². The predicted octanol–water partition coefficient (Wildman–Crippen LogP) is 1.45. The number of piperidine rings is 1. The minimum Gasteiger partial charge on any atom is -0.355 e. The highest BCUT2D eigenvalue weighted by Crippen LogP contribution is 2.22. The van der Waals surface area contributed by atoms with Crippen molar-refractivity contribution in [2.75, 3.05) is 24.5 Å². The Balaban J connectivity index is 1.11. The van der Waals surface area contributed by atoms with Crippen molar-refractivity contribution in [1.29, 1.82) is 0 Å². The number of aromatic nitrogens is 7. The first kappa shape index (κ1) is 23.3. The maximum atomic E-state index is 13.2. The summed E-state index contributed by atoms with van der Waals surface area (Å²) in [5, 5.41) is 19.8. The molecule has 1 aliphatic heterocycles. The lowest BCUT2D eigenvalue weighted by Gasteiger charge is -2.31. The molecular weight excluding hydrogens is 465 g/mol. The second-order valence-electron chi connectivity index (χ2n) is 8.43. The number of halogens is 1. The molecule has 11 nitrogen and oxygen atoms in total. The summed E-state index contributed by atoms with van der Waals surface area (Å²) in [7, 11) is 0. The van der Waals surface area contributed by atoms with Crippen LogP contribution < -0.4 is 15.8 Å². The fourth-order valence-electron chi connectivity index (χ4n) is 4.12. The van der Waals surface area contributed by atoms with Crippen molar-refractivity contribution in [1.82, 2.24) is 40.1 Å². The van der Waals surface area contributed by atoms with Gasteiger partial charge in [-0.05, 0) is 55.3 Å². The zero-order valence-electron chi connectivity index (χ0n) is 19.4. The van der Waals surface area contributed by atoms with Crippen molar-refractivity contribution in [2.45, 2.75) is 19.4 Å². The van der Waals surface area contributed by atoms with E-state index >= 15 is 0 Å². The Hall–Kier alpha value is -4.48. The minimum absolute atomic E-state index is 0.0370. The van der Waals surface area contributed by atoms with Crippen LogP contribution in [0.25, 0.3) is 17.1 Å². The van der Waals surface area contributed by atoms with Crippen LogP contribution in [0.15, 0.2) is 66.0 Å². The molecule has 1 fully saturated rings. The van der Waals surface area contributed by atoms with Crippen LogP contribution in [0, 0.1) is 11.7 Å². The fraction of sp³-hybridized carbons (Fsp3) is 0.292. The maximum absolute atomic E-state index is 13.2. The molecule has 0 spiro atoms. The van der Waals surface area contributed by atoms with Crippen LogP contribution in [0.4, 0.5) is 10.2 Å². The number of hydrogen-bond acceptors (Lipinski definition) is 8. The molecule has 0 atom stereocenters. The van der Waals surface area contributed by atoms with Crippen LogP contribution in [0.5, 0.6) is 0 Å². The van der Waals surface area contributed by atoms with Crippen molar-refractivity contribution >= 4 is 11.7 Å². The number of nitrogens with one attached hydrogen (secondary N) is 1. The lowest BCUT2D eigenvalue weighted by molar-refractivity contribution is -0.125. The van der Waals surface area contributed by atoms with E-state index in [9.17, 15) is 14.0 Å². The quantitative estimate of drug-likeness (QED) is 0.414. The molecule has 0 bridgehead atoms. The highest BCUT2D eigenvalue weighted by molar-refractivity contribution is 5.78. The molecule has 4 heterocycles. The molecule has 184 valence electrons. The number of hydrogen-bond donors (Lipinski definition) is 1. The van der Waals surface area contributed by atoms with Crippen LogP contribution >= 0.6 is 0 Å². The highest BCUT2D eigenvalue weighted by Gasteiger charge is 2.25. The number of benzene rings is 1. The predicted molar refractivity (Wildman–Crippen MR) is 129 cm³/mol. The monoisotopic (exact) mass is 489 g/mol. The topological polar surface area (TPSA) is 124 Å². The zero-order chi connectivity index (χ0) is 24.9. The van der Waals surface area contributed by atoms with Gasteiger partial charge in [-0.1, -0.05) is 0 Å². The first-order valence-corrected chi connectivity index (χ1v) is 11.6. The molecule has 1 aromatic carbocycles. The molecule has 0 aliphatic carbocycles. The molecule has 0 unspecified atom stereocenters. The van der Waals surface area contributed by atoms with E-state index < -0.39 is 0 Å². The summed E-state index contributed by atoms with van der Waals surface area (Å²) in [6, 6.07) is 12.6. The van der Waals surface area contributed by atoms with Crippen LogP contribution in [-0.2, 0) is 11.3 Å². The molecule has 3 aromatic heterocycles. The van der Waals surface area contributed by atoms with Crippen molar-refractivity contribution in [3.63, 3.8) is 0 Å². The van der Waals surface area contributed by atoms with Gasteiger partial charge < -0.3 is 10.2 Å². The lowest BCUT2D eigenvalue weighted by Crippen LogP contribution is -2.42. The van der Waals surface area contributed by atoms with Crippen LogP contribution in [0.3, 0.4) is 0 Å². The summed E-state index contributed by atoms with van der Waals surface area (Å²) in [5.41, 5.74) is 1.00. The molecule has 12 heteroatoms. The second kappa shape index (κ2) is 10.4. The first-order chi connectivity index (χ1) is 17.6. The molecule has 1 amide bonds. The largest absolute Gasteiger partial charge is 0.355 e. The van der Waals surface area contributed by atoms with Crippen molar-refractivity contribution < 1.29 is 9.18 Å². The SMILES string of the molecule is O=C(NCCn1nc(-c2ccc(F)cc2)ccc1=O)C1CCN(c2ccc(-n3cncn3)nn2)CC1. The molecule has 1 N–H and O–H groups in total. The number of carbonyl (C=O) groups excluding carboxylic acids is 1. The van der Waals surface area contributed by atoms with Gasteiger partial charge in [-0.15, -0.1) is 10.2 Å². The summed E-state index contributed by atoms with van der Waals surface area (Å²) < 4.78 is 16.0. The van der Waals surface area contributed by atoms with Gasteiger partial charge in [-0.3, -0.25) is 9.59 Å². The van der Waals surface area contributed by atoms with E-state index in [-0.39, 0.29) is 36.3 Å². The maximum Gasteiger partial charge on any atom is 0.266 e. The van der Waals surface area contributed by atoms with E-state index in [4.69, 9.17) is 0 Å². The molecule has 0 saturated carbocycles. The van der Waals surface area contributed by atoms with E-state index in [0.29, 0.717) is 43.0 Å². The molecule has 5 rings (SSSR count). The Labute approximate surface area is 205 Å². The van der Waals surface area contributed by atoms with E-state index in [1.165, 1.54) is 33.9 Å². The van der Waals surface area contributed by atoms with Crippen molar-refractivity contribution in [3.05, 3.63) is 77.4 Å². The summed E-state index contributed by atoms with van der Waals surface area (Å²) in [6.07, 6.45) is 4.38. The minimum atomic E-state index is -0.338. The Bertz CT molecular complexity index is 1360. The third-order valence-corrected chi connectivity index (χ3v) is 6.11. The molecule has 36 heavy (non-hydrogen) atoms. The van der Waals surface area contributed by atoms with E-state index in [2.05, 4.69) is 35.6 Å². The van der Waals surface area contributed by atoms with E-state index in [0.717, 1.165) is 5.82 Å². The molecule has 4 aromatic rings. The van der Waals surface area contributed by atoms with Gasteiger partial charge in [0.25, 0.3) is 5.56 Å². The molecular formula is C24H24FN9O2. The summed E-state index contributed by atoms with van der Waals surface area (Å²) in [6.45, 7) is 1.91. The van der Waals surface area contributed by atoms with Crippen LogP contribution in [-0.4, -0.2) is 60.3 Å². The van der Waals surface area contributed by atoms with Crippen LogP contribution in [0.1, 0.15) is 12.8 Å². The molecule has 1 aliphatic rings. The normalized spacial score (nSPS) is 14.1. The zero-order valence-corrected chi connectivity index (χ0v) is 19.4. The first-order valence-electron chi connectivity index (χ1n) is 11.6. The molecule has 1 saturated heterocycles. The standard InChI is InChI=1S/C24H24FN9O2/c25-19-3-1-17(2-4-19)20-5-8-23(35)33(31-20)14-11-27-24(36)18-9-12-32(13-10-18)21-6-7-22(30-29-21)34-16-26-15-28-34/h1-8,15-16,18H,9-14H2,(H,27,36). The van der Waals surface area contributed by atoms with Gasteiger partial charge in [-0.2, -0.15) is 10.2 Å². The van der Waals surface area contributed by atoms with Crippen molar-refractivity contribution in [2.24, 2.45) is 5.92 Å². The average Bonchev–Trinajstić information content (AvgIpc) is 3.46. The number of carbonyl (C=O) groups is 1. The highest BCUT2D eigenvalue weighted by atomic mass is 19.1. The van der Waals surface area contributed by atoms with Crippen molar-refractivity contribution in [3.8, 4) is 17.1 Å². The smallest absolute Gasteiger partial charge is 0.266 e. The number of rotatable bonds is 7. The van der Waals surface area contributed by atoms with Crippen LogP contribution in [0.2, 0.25) is 0 Å². The van der Waals surface area contributed by atoms with E-state index in [1.807, 2.05) is 12.1 Å². The number of nitrogens with zero attached hydrogens (tertiary/aromatic N) is 8. The Morgan fingerprint density at radius 1 is 1.00 bits per heavy atom. The van der Waals surface area contributed by atoms with E-state index in [1.54, 1.807) is 24.5 Å². The van der Waals surface area contributed by atoms with Gasteiger partial charge in [0.1, 0.15) is 18.5 Å². The Morgan fingerprint density at radius 2 is 1.75 bits per heavy atom. The third kappa shape index (κ3) is 5.27. The van der Waals surface area contributed by atoms with Gasteiger partial charge in [0, 0.05) is 37.2 Å². The van der Waals surface area contributed by atoms with Gasteiger partial charge in [-0.25, -0.2) is 18.7 Å². The van der Waals surface area contributed by atoms with Gasteiger partial charge in [0.15, 0.2) is 11.6 Å². The third-order valence-electron chi connectivity index (χ3n) is 6.11. The average molecular weight is 490 g/mol. The molecule has 0 radical (unpaired) electrons.